The van der Waals surface area contributed by atoms with Gasteiger partial charge in [0.25, 0.3) is 0 Å². The third-order valence-corrected chi connectivity index (χ3v) is 5.09. The van der Waals surface area contributed by atoms with Gasteiger partial charge in [0.05, 0.1) is 6.54 Å². The fourth-order valence-electron chi connectivity index (χ4n) is 3.54. The van der Waals surface area contributed by atoms with Crippen LogP contribution in [0.1, 0.15) is 37.1 Å². The Morgan fingerprint density at radius 3 is 2.61 bits per heavy atom. The zero-order valence-corrected chi connectivity index (χ0v) is 13.9. The van der Waals surface area contributed by atoms with Gasteiger partial charge in [-0.25, -0.2) is 4.98 Å². The molecule has 1 aromatic heterocycles. The molecule has 0 saturated heterocycles. The van der Waals surface area contributed by atoms with Crippen LogP contribution < -0.4 is 0 Å². The molecule has 0 unspecified atom stereocenters. The number of aliphatic hydroxyl groups excluding tert-OH is 1. The maximum Gasteiger partial charge on any atom is 0.123 e. The molecule has 0 amide bonds. The Labute approximate surface area is 138 Å². The number of benzene rings is 1. The van der Waals surface area contributed by atoms with Gasteiger partial charge in [0.1, 0.15) is 5.82 Å². The normalized spacial score (nSPS) is 21.7. The highest BCUT2D eigenvalue weighted by Gasteiger charge is 2.24. The molecule has 1 N–H and O–H groups in total. The van der Waals surface area contributed by atoms with Crippen LogP contribution in [-0.2, 0) is 13.1 Å². The van der Waals surface area contributed by atoms with E-state index in [1.807, 2.05) is 6.20 Å². The number of rotatable bonds is 6. The van der Waals surface area contributed by atoms with Crippen molar-refractivity contribution in [3.05, 3.63) is 54.1 Å². The van der Waals surface area contributed by atoms with Gasteiger partial charge in [-0.1, -0.05) is 30.3 Å². The lowest BCUT2D eigenvalue weighted by Crippen LogP contribution is -2.36. The van der Waals surface area contributed by atoms with Gasteiger partial charge in [0.15, 0.2) is 0 Å². The Balaban J connectivity index is 1.59. The summed E-state index contributed by atoms with van der Waals surface area (Å²) in [6.45, 7) is 2.10. The van der Waals surface area contributed by atoms with Crippen LogP contribution in [0, 0.1) is 5.92 Å². The first-order valence-electron chi connectivity index (χ1n) is 8.61. The van der Waals surface area contributed by atoms with Crippen molar-refractivity contribution in [3.8, 4) is 0 Å². The molecule has 0 aliphatic heterocycles. The van der Waals surface area contributed by atoms with Crippen molar-refractivity contribution in [1.29, 1.82) is 0 Å². The van der Waals surface area contributed by atoms with E-state index in [0.717, 1.165) is 31.8 Å². The van der Waals surface area contributed by atoms with E-state index < -0.39 is 0 Å². The molecule has 1 aromatic carbocycles. The average molecular weight is 313 g/mol. The van der Waals surface area contributed by atoms with Crippen molar-refractivity contribution >= 4 is 0 Å². The Bertz CT molecular complexity index is 588. The van der Waals surface area contributed by atoms with Crippen LogP contribution in [0.5, 0.6) is 0 Å². The first-order chi connectivity index (χ1) is 11.3. The van der Waals surface area contributed by atoms with Crippen LogP contribution in [0.2, 0.25) is 0 Å². The number of hydrogen-bond donors (Lipinski definition) is 1. The van der Waals surface area contributed by atoms with Gasteiger partial charge < -0.3 is 9.67 Å². The van der Waals surface area contributed by atoms with Crippen LogP contribution in [-0.4, -0.2) is 39.3 Å². The first kappa shape index (κ1) is 16.2. The van der Waals surface area contributed by atoms with Crippen molar-refractivity contribution in [2.45, 2.75) is 44.8 Å². The zero-order chi connectivity index (χ0) is 16.1. The highest BCUT2D eigenvalue weighted by atomic mass is 16.3. The summed E-state index contributed by atoms with van der Waals surface area (Å²) < 4.78 is 2.24. The second kappa shape index (κ2) is 7.75. The molecule has 2 aromatic rings. The summed E-state index contributed by atoms with van der Waals surface area (Å²) in [7, 11) is 2.20. The molecule has 0 radical (unpaired) electrons. The number of hydrogen-bond acceptors (Lipinski definition) is 3. The van der Waals surface area contributed by atoms with E-state index in [-0.39, 0.29) is 0 Å². The maximum absolute atomic E-state index is 9.27. The highest BCUT2D eigenvalue weighted by Crippen LogP contribution is 2.27. The van der Waals surface area contributed by atoms with Crippen molar-refractivity contribution in [1.82, 2.24) is 14.5 Å². The van der Waals surface area contributed by atoms with Crippen molar-refractivity contribution in [2.24, 2.45) is 5.92 Å². The van der Waals surface area contributed by atoms with Gasteiger partial charge in [-0.2, -0.15) is 0 Å². The quantitative estimate of drug-likeness (QED) is 0.891. The standard InChI is InChI=1S/C19H27N3O/c1-21(18-9-7-17(15-23)8-10-18)14-19-20-11-12-22(19)13-16-5-3-2-4-6-16/h2-6,11-12,17-18,23H,7-10,13-15H2,1H3. The topological polar surface area (TPSA) is 41.3 Å². The predicted molar refractivity (Wildman–Crippen MR) is 92.1 cm³/mol. The highest BCUT2D eigenvalue weighted by molar-refractivity contribution is 5.15. The molecule has 23 heavy (non-hydrogen) atoms. The van der Waals surface area contributed by atoms with Crippen molar-refractivity contribution in [3.63, 3.8) is 0 Å². The Hall–Kier alpha value is -1.65. The van der Waals surface area contributed by atoms with Crippen LogP contribution in [0.15, 0.2) is 42.7 Å². The summed E-state index contributed by atoms with van der Waals surface area (Å²) >= 11 is 0. The maximum atomic E-state index is 9.27. The van der Waals surface area contributed by atoms with Crippen LogP contribution >= 0.6 is 0 Å². The fourth-order valence-corrected chi connectivity index (χ4v) is 3.54. The van der Waals surface area contributed by atoms with E-state index >= 15 is 0 Å². The Morgan fingerprint density at radius 1 is 1.17 bits per heavy atom. The van der Waals surface area contributed by atoms with Gasteiger partial charge in [0, 0.05) is 31.6 Å². The zero-order valence-electron chi connectivity index (χ0n) is 13.9. The van der Waals surface area contributed by atoms with Crippen molar-refractivity contribution < 1.29 is 5.11 Å². The summed E-state index contributed by atoms with van der Waals surface area (Å²) in [6, 6.07) is 11.1. The second-order valence-electron chi connectivity index (χ2n) is 6.73. The molecule has 3 rings (SSSR count). The lowest BCUT2D eigenvalue weighted by molar-refractivity contribution is 0.122. The summed E-state index contributed by atoms with van der Waals surface area (Å²) in [5.74, 6) is 1.64. The van der Waals surface area contributed by atoms with Gasteiger partial charge >= 0.3 is 0 Å². The van der Waals surface area contributed by atoms with Crippen LogP contribution in [0.25, 0.3) is 0 Å². The Morgan fingerprint density at radius 2 is 1.91 bits per heavy atom. The third-order valence-electron chi connectivity index (χ3n) is 5.09. The number of aliphatic hydroxyl groups is 1. The minimum Gasteiger partial charge on any atom is -0.396 e. The summed E-state index contributed by atoms with van der Waals surface area (Å²) in [4.78, 5) is 6.99. The molecule has 0 bridgehead atoms. The molecule has 1 saturated carbocycles. The monoisotopic (exact) mass is 313 g/mol. The lowest BCUT2D eigenvalue weighted by Gasteiger charge is -2.34. The van der Waals surface area contributed by atoms with Crippen LogP contribution in [0.3, 0.4) is 0 Å². The van der Waals surface area contributed by atoms with E-state index in [1.165, 1.54) is 18.4 Å². The number of nitrogens with zero attached hydrogens (tertiary/aromatic N) is 3. The van der Waals surface area contributed by atoms with Gasteiger partial charge in [-0.15, -0.1) is 0 Å². The van der Waals surface area contributed by atoms with Crippen molar-refractivity contribution in [2.75, 3.05) is 13.7 Å². The molecule has 4 nitrogen and oxygen atoms in total. The fraction of sp³-hybridized carbons (Fsp3) is 0.526. The van der Waals surface area contributed by atoms with E-state index in [4.69, 9.17) is 0 Å². The molecular formula is C19H27N3O. The third kappa shape index (κ3) is 4.21. The number of aromatic nitrogens is 2. The molecule has 1 aliphatic carbocycles. The second-order valence-corrected chi connectivity index (χ2v) is 6.73. The van der Waals surface area contributed by atoms with E-state index in [0.29, 0.717) is 18.6 Å². The molecule has 124 valence electrons. The van der Waals surface area contributed by atoms with Crippen LogP contribution in [0.4, 0.5) is 0 Å². The van der Waals surface area contributed by atoms with Gasteiger partial charge in [-0.05, 0) is 44.2 Å². The minimum atomic E-state index is 0.345. The van der Waals surface area contributed by atoms with E-state index in [2.05, 4.69) is 58.0 Å². The van der Waals surface area contributed by atoms with Gasteiger partial charge in [0.2, 0.25) is 0 Å². The Kier molecular flexibility index (Phi) is 5.47. The molecule has 1 fully saturated rings. The first-order valence-corrected chi connectivity index (χ1v) is 8.61. The lowest BCUT2D eigenvalue weighted by atomic mass is 9.86. The minimum absolute atomic E-state index is 0.345. The average Bonchev–Trinajstić information content (AvgIpc) is 3.02. The molecule has 4 heteroatoms. The van der Waals surface area contributed by atoms with E-state index in [1.54, 1.807) is 0 Å². The molecule has 0 spiro atoms. The number of imidazole rings is 1. The summed E-state index contributed by atoms with van der Waals surface area (Å²) in [5.41, 5.74) is 1.30. The molecule has 1 heterocycles. The SMILES string of the molecule is CN(Cc1nccn1Cc1ccccc1)C1CCC(CO)CC1. The van der Waals surface area contributed by atoms with E-state index in [9.17, 15) is 5.11 Å². The smallest absolute Gasteiger partial charge is 0.123 e. The summed E-state index contributed by atoms with van der Waals surface area (Å²) in [5, 5.41) is 9.27. The molecule has 1 aliphatic rings. The predicted octanol–water partition coefficient (Wildman–Crippen LogP) is 2.91. The largest absolute Gasteiger partial charge is 0.396 e. The molecule has 0 atom stereocenters. The van der Waals surface area contributed by atoms with Gasteiger partial charge in [-0.3, -0.25) is 4.90 Å². The molecular weight excluding hydrogens is 286 g/mol. The summed E-state index contributed by atoms with van der Waals surface area (Å²) in [6.07, 6.45) is 8.61.